The minimum absolute atomic E-state index is 0.317. The summed E-state index contributed by atoms with van der Waals surface area (Å²) in [4.78, 5) is 82.2. The Bertz CT molecular complexity index is 2370. The fraction of sp³-hybridized carbons (Fsp3) is 0.423. The number of benzene rings is 4. The first-order valence-electron chi connectivity index (χ1n) is 23.9. The number of nitrogens with one attached hydrogen (secondary N) is 4. The molecule has 2 aliphatic heterocycles. The van der Waals surface area contributed by atoms with Crippen LogP contribution >= 0.6 is 0 Å². The van der Waals surface area contributed by atoms with E-state index in [1.54, 1.807) is 60.7 Å². The number of fused-ring (bicyclic) bond motifs is 3. The molecule has 2 saturated heterocycles. The molecular weight excluding hydrogens is 851 g/mol. The van der Waals surface area contributed by atoms with Gasteiger partial charge in [-0.15, -0.1) is 0 Å². The lowest BCUT2D eigenvalue weighted by Gasteiger charge is -2.28. The van der Waals surface area contributed by atoms with Gasteiger partial charge in [-0.3, -0.25) is 19.2 Å². The molecule has 354 valence electrons. The van der Waals surface area contributed by atoms with E-state index < -0.39 is 48.2 Å². The van der Waals surface area contributed by atoms with Gasteiger partial charge in [0.2, 0.25) is 11.8 Å². The SMILES string of the molecule is CCCCCCCCCCCCn1c2cc(NC(=O)[C@@H]3CCCN3C(=O)C(NC(=O)O)c3ccccc3)ccc2c2ccc(NC(=O)[C@@H]3CCCN3C(=O)C(NC(=O)O)c3ccccc3)cc21. The van der Waals surface area contributed by atoms with Crippen molar-refractivity contribution in [3.8, 4) is 0 Å². The maximum Gasteiger partial charge on any atom is 0.405 e. The van der Waals surface area contributed by atoms with Gasteiger partial charge in [0.25, 0.3) is 11.8 Å². The number of anilines is 2. The maximum absolute atomic E-state index is 14.0. The van der Waals surface area contributed by atoms with Crippen molar-refractivity contribution in [2.24, 2.45) is 0 Å². The Hall–Kier alpha value is -6.90. The van der Waals surface area contributed by atoms with Gasteiger partial charge in [-0.1, -0.05) is 138 Å². The lowest BCUT2D eigenvalue weighted by atomic mass is 10.0. The smallest absolute Gasteiger partial charge is 0.405 e. The molecule has 0 radical (unpaired) electrons. The Morgan fingerprint density at radius 1 is 0.552 bits per heavy atom. The standard InChI is InChI=1S/C52H63N7O8/c1-2-3-4-5-6-7-8-9-10-17-30-57-43-33-37(53-47(60)41-24-18-31-58(41)49(62)45(55-51(64)65)35-20-13-11-14-21-35)26-28-39(43)40-29-27-38(34-44(40)57)54-48(61)42-25-19-32-59(42)50(63)46(56-52(66)67)36-22-15-12-16-23-36/h11-16,20-23,26-29,33-34,41-42,45-46,55-56H,2-10,17-19,24-25,30-32H2,1H3,(H,53,60)(H,54,61)(H,64,65)(H,66,67)/t41-,42-,45?,46?/m0/s1. The molecule has 7 rings (SSSR count). The van der Waals surface area contributed by atoms with E-state index in [1.165, 1.54) is 54.7 Å². The van der Waals surface area contributed by atoms with Gasteiger partial charge < -0.3 is 45.8 Å². The van der Waals surface area contributed by atoms with Crippen molar-refractivity contribution < 1.29 is 39.0 Å². The number of aryl methyl sites for hydroxylation is 1. The number of carbonyl (C=O) groups excluding carboxylic acids is 4. The summed E-state index contributed by atoms with van der Waals surface area (Å²) >= 11 is 0. The van der Waals surface area contributed by atoms with Crippen LogP contribution in [-0.2, 0) is 25.7 Å². The van der Waals surface area contributed by atoms with Gasteiger partial charge >= 0.3 is 12.2 Å². The Balaban J connectivity index is 1.11. The summed E-state index contributed by atoms with van der Waals surface area (Å²) in [6, 6.07) is 24.8. The molecule has 5 aromatic rings. The average molecular weight is 914 g/mol. The third-order valence-corrected chi connectivity index (χ3v) is 13.1. The van der Waals surface area contributed by atoms with Crippen LogP contribution in [0.15, 0.2) is 97.1 Å². The van der Waals surface area contributed by atoms with Crippen LogP contribution in [0.25, 0.3) is 21.8 Å². The zero-order valence-electron chi connectivity index (χ0n) is 38.3. The van der Waals surface area contributed by atoms with Gasteiger partial charge in [-0.25, -0.2) is 9.59 Å². The van der Waals surface area contributed by atoms with Crippen molar-refractivity contribution in [3.63, 3.8) is 0 Å². The molecular formula is C52H63N7O8. The molecule has 4 aromatic carbocycles. The molecule has 4 atom stereocenters. The van der Waals surface area contributed by atoms with E-state index in [0.717, 1.165) is 41.1 Å². The lowest BCUT2D eigenvalue weighted by Crippen LogP contribution is -2.48. The molecule has 67 heavy (non-hydrogen) atoms. The Kier molecular flexibility index (Phi) is 16.5. The molecule has 6 N–H and O–H groups in total. The largest absolute Gasteiger partial charge is 0.465 e. The molecule has 2 fully saturated rings. The summed E-state index contributed by atoms with van der Waals surface area (Å²) in [7, 11) is 0. The number of carboxylic acid groups (broad SMARTS) is 2. The molecule has 6 amide bonds. The zero-order chi connectivity index (χ0) is 47.3. The number of nitrogens with zero attached hydrogens (tertiary/aromatic N) is 3. The first kappa shape index (κ1) is 48.0. The zero-order valence-corrected chi connectivity index (χ0v) is 38.3. The molecule has 0 aliphatic carbocycles. The van der Waals surface area contributed by atoms with Crippen molar-refractivity contribution >= 4 is 69.0 Å². The first-order valence-corrected chi connectivity index (χ1v) is 23.9. The summed E-state index contributed by atoms with van der Waals surface area (Å²) < 4.78 is 2.22. The van der Waals surface area contributed by atoms with Crippen LogP contribution in [0.3, 0.4) is 0 Å². The van der Waals surface area contributed by atoms with E-state index >= 15 is 0 Å². The quantitative estimate of drug-likeness (QED) is 0.0391. The van der Waals surface area contributed by atoms with Gasteiger partial charge in [0.05, 0.1) is 11.0 Å². The number of likely N-dealkylation sites (tertiary alicyclic amines) is 2. The minimum Gasteiger partial charge on any atom is -0.465 e. The van der Waals surface area contributed by atoms with Crippen LogP contribution in [0.2, 0.25) is 0 Å². The van der Waals surface area contributed by atoms with Crippen molar-refractivity contribution in [1.82, 2.24) is 25.0 Å². The fourth-order valence-electron chi connectivity index (χ4n) is 9.75. The summed E-state index contributed by atoms with van der Waals surface area (Å²) in [5.74, 6) is -1.69. The number of hydrogen-bond acceptors (Lipinski definition) is 6. The van der Waals surface area contributed by atoms with E-state index in [0.29, 0.717) is 67.8 Å². The van der Waals surface area contributed by atoms with Crippen LogP contribution in [0.5, 0.6) is 0 Å². The molecule has 0 spiro atoms. The fourth-order valence-corrected chi connectivity index (χ4v) is 9.75. The van der Waals surface area contributed by atoms with E-state index in [4.69, 9.17) is 0 Å². The highest BCUT2D eigenvalue weighted by atomic mass is 16.4. The summed E-state index contributed by atoms with van der Waals surface area (Å²) in [6.07, 6.45) is 11.2. The van der Waals surface area contributed by atoms with Crippen molar-refractivity contribution in [2.75, 3.05) is 23.7 Å². The molecule has 15 nitrogen and oxygen atoms in total. The van der Waals surface area contributed by atoms with Crippen LogP contribution < -0.4 is 21.3 Å². The van der Waals surface area contributed by atoms with Gasteiger partial charge in [-0.05, 0) is 67.5 Å². The predicted octanol–water partition coefficient (Wildman–Crippen LogP) is 9.59. The Morgan fingerprint density at radius 3 is 1.36 bits per heavy atom. The number of amides is 6. The average Bonchev–Trinajstić information content (AvgIpc) is 4.10. The Morgan fingerprint density at radius 2 is 0.955 bits per heavy atom. The molecule has 2 aliphatic rings. The highest BCUT2D eigenvalue weighted by Crippen LogP contribution is 2.35. The third kappa shape index (κ3) is 11.9. The molecule has 1 aromatic heterocycles. The summed E-state index contributed by atoms with van der Waals surface area (Å²) in [6.45, 7) is 3.55. The normalized spacial score (nSPS) is 16.7. The molecule has 2 unspecified atom stereocenters. The second-order valence-electron chi connectivity index (χ2n) is 17.7. The number of carbonyl (C=O) groups is 6. The number of hydrogen-bond donors (Lipinski definition) is 6. The van der Waals surface area contributed by atoms with Gasteiger partial charge in [-0.2, -0.15) is 0 Å². The van der Waals surface area contributed by atoms with E-state index in [-0.39, 0.29) is 11.8 Å². The first-order chi connectivity index (χ1) is 32.5. The van der Waals surface area contributed by atoms with Gasteiger partial charge in [0.1, 0.15) is 24.2 Å². The number of rotatable bonds is 21. The lowest BCUT2D eigenvalue weighted by molar-refractivity contribution is -0.138. The highest BCUT2D eigenvalue weighted by Gasteiger charge is 2.40. The summed E-state index contributed by atoms with van der Waals surface area (Å²) in [5.41, 5.74) is 3.87. The molecule has 0 bridgehead atoms. The Labute approximate surface area is 391 Å². The van der Waals surface area contributed by atoms with Gasteiger partial charge in [0, 0.05) is 41.8 Å². The van der Waals surface area contributed by atoms with E-state index in [2.05, 4.69) is 32.8 Å². The maximum atomic E-state index is 14.0. The van der Waals surface area contributed by atoms with Gasteiger partial charge in [0.15, 0.2) is 0 Å². The van der Waals surface area contributed by atoms with Crippen molar-refractivity contribution in [3.05, 3.63) is 108 Å². The topological polar surface area (TPSA) is 202 Å². The molecule has 3 heterocycles. The monoisotopic (exact) mass is 913 g/mol. The van der Waals surface area contributed by atoms with E-state index in [1.807, 2.05) is 36.4 Å². The second kappa shape index (κ2) is 23.0. The highest BCUT2D eigenvalue weighted by molar-refractivity contribution is 6.11. The van der Waals surface area contributed by atoms with Crippen molar-refractivity contribution in [2.45, 2.75) is 128 Å². The third-order valence-electron chi connectivity index (χ3n) is 13.1. The van der Waals surface area contributed by atoms with Crippen LogP contribution in [0.1, 0.15) is 120 Å². The van der Waals surface area contributed by atoms with E-state index in [9.17, 15) is 39.0 Å². The van der Waals surface area contributed by atoms with Crippen molar-refractivity contribution in [1.29, 1.82) is 0 Å². The second-order valence-corrected chi connectivity index (χ2v) is 17.7. The van der Waals surface area contributed by atoms with Crippen LogP contribution in [-0.4, -0.2) is 85.6 Å². The number of unbranched alkanes of at least 4 members (excludes halogenated alkanes) is 9. The summed E-state index contributed by atoms with van der Waals surface area (Å²) in [5, 5.41) is 31.9. The van der Waals surface area contributed by atoms with Crippen LogP contribution in [0, 0.1) is 0 Å². The number of aromatic nitrogens is 1. The molecule has 15 heteroatoms. The predicted molar refractivity (Wildman–Crippen MR) is 259 cm³/mol. The minimum atomic E-state index is -1.34. The van der Waals surface area contributed by atoms with Crippen LogP contribution in [0.4, 0.5) is 21.0 Å². The molecule has 0 saturated carbocycles.